The van der Waals surface area contributed by atoms with E-state index in [9.17, 15) is 5.11 Å². The molecule has 1 aliphatic rings. The summed E-state index contributed by atoms with van der Waals surface area (Å²) in [7, 11) is -1.10. The van der Waals surface area contributed by atoms with Crippen molar-refractivity contribution >= 4 is 35.1 Å². The second-order valence-corrected chi connectivity index (χ2v) is 10.9. The first-order chi connectivity index (χ1) is 7.17. The standard InChI is InChI=1S/C13H28OSi.2H2S/c1-4-15(5-2,6-3)11-13(14)12-9-7-8-10-12;;/h12-14H,4-11H2,1-3H3;2*1H2/t13-;;/m1../s1. The molecule has 1 rings (SSSR count). The lowest BCUT2D eigenvalue weighted by Gasteiger charge is -2.32. The van der Waals surface area contributed by atoms with Crippen LogP contribution in [-0.2, 0) is 0 Å². The molecule has 0 heterocycles. The highest BCUT2D eigenvalue weighted by molar-refractivity contribution is 7.59. The van der Waals surface area contributed by atoms with Gasteiger partial charge in [0.1, 0.15) is 0 Å². The predicted molar refractivity (Wildman–Crippen MR) is 90.7 cm³/mol. The first kappa shape index (κ1) is 20.2. The fourth-order valence-corrected chi connectivity index (χ4v) is 6.72. The topological polar surface area (TPSA) is 20.2 Å². The first-order valence-corrected chi connectivity index (χ1v) is 9.68. The number of hydrogen-bond donors (Lipinski definition) is 1. The molecule has 1 atom stereocenters. The molecule has 0 unspecified atom stereocenters. The van der Waals surface area contributed by atoms with Gasteiger partial charge in [-0.15, -0.1) is 0 Å². The number of aliphatic hydroxyl groups excluding tert-OH is 1. The lowest BCUT2D eigenvalue weighted by molar-refractivity contribution is 0.127. The van der Waals surface area contributed by atoms with Gasteiger partial charge >= 0.3 is 0 Å². The van der Waals surface area contributed by atoms with E-state index >= 15 is 0 Å². The Hall–Kier alpha value is 0.877. The largest absolute Gasteiger partial charge is 0.393 e. The summed E-state index contributed by atoms with van der Waals surface area (Å²) < 4.78 is 0. The predicted octanol–water partition coefficient (Wildman–Crippen LogP) is 4.27. The second kappa shape index (κ2) is 9.76. The molecular weight excluding hydrogens is 264 g/mol. The van der Waals surface area contributed by atoms with Crippen LogP contribution < -0.4 is 0 Å². The summed E-state index contributed by atoms with van der Waals surface area (Å²) in [6.45, 7) is 7.00. The highest BCUT2D eigenvalue weighted by Crippen LogP contribution is 2.34. The van der Waals surface area contributed by atoms with E-state index in [0.29, 0.717) is 5.92 Å². The lowest BCUT2D eigenvalue weighted by atomic mass is 10.0. The molecule has 106 valence electrons. The van der Waals surface area contributed by atoms with Crippen LogP contribution in [0.1, 0.15) is 46.5 Å². The molecule has 4 heteroatoms. The summed E-state index contributed by atoms with van der Waals surface area (Å²) in [5, 5.41) is 10.3. The van der Waals surface area contributed by atoms with Gasteiger partial charge in [0.25, 0.3) is 0 Å². The third-order valence-corrected chi connectivity index (χ3v) is 10.6. The fourth-order valence-electron chi connectivity index (χ4n) is 3.14. The Kier molecular flexibility index (Phi) is 11.6. The number of rotatable bonds is 6. The minimum atomic E-state index is -1.10. The number of hydrogen-bond acceptors (Lipinski definition) is 1. The van der Waals surface area contributed by atoms with Crippen molar-refractivity contribution in [2.75, 3.05) is 0 Å². The maximum atomic E-state index is 10.3. The van der Waals surface area contributed by atoms with Gasteiger partial charge in [-0.05, 0) is 24.8 Å². The maximum absolute atomic E-state index is 10.3. The van der Waals surface area contributed by atoms with E-state index < -0.39 is 8.07 Å². The SMILES string of the molecule is CC[Si](CC)(CC)C[C@@H](O)C1CCCC1.S.S. The van der Waals surface area contributed by atoms with E-state index in [2.05, 4.69) is 20.8 Å². The van der Waals surface area contributed by atoms with Crippen molar-refractivity contribution in [1.82, 2.24) is 0 Å². The van der Waals surface area contributed by atoms with Crippen LogP contribution >= 0.6 is 27.0 Å². The van der Waals surface area contributed by atoms with Gasteiger partial charge in [-0.1, -0.05) is 51.7 Å². The molecule has 0 spiro atoms. The molecule has 1 aliphatic carbocycles. The molecule has 1 fully saturated rings. The molecule has 1 saturated carbocycles. The molecule has 1 N–H and O–H groups in total. The van der Waals surface area contributed by atoms with Gasteiger partial charge in [-0.25, -0.2) is 0 Å². The monoisotopic (exact) mass is 296 g/mol. The molecule has 1 nitrogen and oxygen atoms in total. The smallest absolute Gasteiger partial charge is 0.0553 e. The average Bonchev–Trinajstić information content (AvgIpc) is 2.79. The molecule has 0 amide bonds. The van der Waals surface area contributed by atoms with Crippen LogP contribution in [0.5, 0.6) is 0 Å². The Morgan fingerprint density at radius 3 is 1.76 bits per heavy atom. The molecule has 0 saturated heterocycles. The van der Waals surface area contributed by atoms with Crippen LogP contribution in [0.3, 0.4) is 0 Å². The summed E-state index contributed by atoms with van der Waals surface area (Å²) in [6.07, 6.45) is 5.28. The second-order valence-electron chi connectivity index (χ2n) is 5.38. The number of aliphatic hydroxyl groups is 1. The van der Waals surface area contributed by atoms with E-state index in [0.717, 1.165) is 0 Å². The normalized spacial score (nSPS) is 18.4. The van der Waals surface area contributed by atoms with Crippen molar-refractivity contribution in [3.63, 3.8) is 0 Å². The van der Waals surface area contributed by atoms with Gasteiger partial charge in [0, 0.05) is 0 Å². The van der Waals surface area contributed by atoms with Crippen molar-refractivity contribution in [3.05, 3.63) is 0 Å². The van der Waals surface area contributed by atoms with Crippen LogP contribution in [-0.4, -0.2) is 19.3 Å². The lowest BCUT2D eigenvalue weighted by Crippen LogP contribution is -2.37. The minimum absolute atomic E-state index is 0. The summed E-state index contributed by atoms with van der Waals surface area (Å²) in [5.41, 5.74) is 0. The van der Waals surface area contributed by atoms with Crippen LogP contribution in [0.4, 0.5) is 0 Å². The van der Waals surface area contributed by atoms with Gasteiger partial charge in [-0.3, -0.25) is 0 Å². The van der Waals surface area contributed by atoms with Crippen LogP contribution in [0.15, 0.2) is 0 Å². The zero-order valence-corrected chi connectivity index (χ0v) is 14.8. The zero-order valence-electron chi connectivity index (χ0n) is 11.8. The summed E-state index contributed by atoms with van der Waals surface area (Å²) >= 11 is 0. The molecule has 0 bridgehead atoms. The summed E-state index contributed by atoms with van der Waals surface area (Å²) in [5.74, 6) is 0.640. The van der Waals surface area contributed by atoms with Crippen molar-refractivity contribution < 1.29 is 5.11 Å². The zero-order chi connectivity index (χ0) is 11.3. The first-order valence-electron chi connectivity index (χ1n) is 6.85. The maximum Gasteiger partial charge on any atom is 0.0553 e. The fraction of sp³-hybridized carbons (Fsp3) is 1.00. The summed E-state index contributed by atoms with van der Waals surface area (Å²) in [4.78, 5) is 0. The highest BCUT2D eigenvalue weighted by Gasteiger charge is 2.33. The molecule has 17 heavy (non-hydrogen) atoms. The minimum Gasteiger partial charge on any atom is -0.393 e. The van der Waals surface area contributed by atoms with Crippen LogP contribution in [0.2, 0.25) is 24.2 Å². The quantitative estimate of drug-likeness (QED) is 0.726. The molecule has 0 aliphatic heterocycles. The Balaban J connectivity index is 0. The molecule has 0 radical (unpaired) electrons. The van der Waals surface area contributed by atoms with E-state index in [1.807, 2.05) is 0 Å². The Bertz CT molecular complexity index is 172. The van der Waals surface area contributed by atoms with E-state index in [-0.39, 0.29) is 33.1 Å². The van der Waals surface area contributed by atoms with Gasteiger partial charge in [0.15, 0.2) is 0 Å². The highest BCUT2D eigenvalue weighted by atomic mass is 32.1. The van der Waals surface area contributed by atoms with Gasteiger partial charge in [-0.2, -0.15) is 27.0 Å². The average molecular weight is 297 g/mol. The Morgan fingerprint density at radius 1 is 1.00 bits per heavy atom. The van der Waals surface area contributed by atoms with Crippen molar-refractivity contribution in [2.24, 2.45) is 5.92 Å². The molecule has 0 aromatic carbocycles. The van der Waals surface area contributed by atoms with Crippen molar-refractivity contribution in [2.45, 2.75) is 76.7 Å². The van der Waals surface area contributed by atoms with E-state index in [4.69, 9.17) is 0 Å². The molecule has 0 aromatic heterocycles. The van der Waals surface area contributed by atoms with E-state index in [1.54, 1.807) is 0 Å². The van der Waals surface area contributed by atoms with Crippen molar-refractivity contribution in [1.29, 1.82) is 0 Å². The molecular formula is C13H32OS2Si. The summed E-state index contributed by atoms with van der Waals surface area (Å²) in [6, 6.07) is 5.22. The van der Waals surface area contributed by atoms with Gasteiger partial charge in [0.2, 0.25) is 0 Å². The van der Waals surface area contributed by atoms with Gasteiger partial charge < -0.3 is 5.11 Å². The van der Waals surface area contributed by atoms with Gasteiger partial charge in [0.05, 0.1) is 14.2 Å². The third kappa shape index (κ3) is 5.58. The van der Waals surface area contributed by atoms with Crippen LogP contribution in [0, 0.1) is 5.92 Å². The Labute approximate surface area is 123 Å². The van der Waals surface area contributed by atoms with E-state index in [1.165, 1.54) is 49.9 Å². The van der Waals surface area contributed by atoms with Crippen molar-refractivity contribution in [3.8, 4) is 0 Å². The third-order valence-electron chi connectivity index (χ3n) is 4.84. The Morgan fingerprint density at radius 2 is 1.41 bits per heavy atom. The molecule has 0 aromatic rings. The van der Waals surface area contributed by atoms with Crippen LogP contribution in [0.25, 0.3) is 0 Å².